The van der Waals surface area contributed by atoms with Crippen molar-refractivity contribution in [3.8, 4) is 11.5 Å². The molecule has 2 N–H and O–H groups in total. The lowest BCUT2D eigenvalue weighted by atomic mass is 10.2. The van der Waals surface area contributed by atoms with Gasteiger partial charge in [0.15, 0.2) is 5.75 Å². The van der Waals surface area contributed by atoms with Crippen LogP contribution >= 0.6 is 34.5 Å². The number of nitrogens with zero attached hydrogens (tertiary/aromatic N) is 1. The SMILES string of the molecule is Cc1nc2cc(Oc3cc(Cl)ccc3Cl)c(N)cc2s1. The maximum Gasteiger partial charge on any atom is 0.152 e. The van der Waals surface area contributed by atoms with Crippen molar-refractivity contribution in [2.45, 2.75) is 6.92 Å². The molecule has 3 aromatic rings. The summed E-state index contributed by atoms with van der Waals surface area (Å²) in [5.74, 6) is 0.990. The number of halogens is 2. The number of anilines is 1. The second kappa shape index (κ2) is 5.13. The van der Waals surface area contributed by atoms with Crippen LogP contribution in [0.25, 0.3) is 10.2 Å². The van der Waals surface area contributed by atoms with E-state index in [1.54, 1.807) is 29.5 Å². The van der Waals surface area contributed by atoms with E-state index < -0.39 is 0 Å². The summed E-state index contributed by atoms with van der Waals surface area (Å²) in [6.07, 6.45) is 0. The molecule has 3 nitrogen and oxygen atoms in total. The van der Waals surface area contributed by atoms with E-state index in [1.807, 2.05) is 19.1 Å². The van der Waals surface area contributed by atoms with Crippen LogP contribution in [0.4, 0.5) is 5.69 Å². The molecule has 20 heavy (non-hydrogen) atoms. The molecule has 0 aliphatic rings. The van der Waals surface area contributed by atoms with Crippen LogP contribution in [0.5, 0.6) is 11.5 Å². The summed E-state index contributed by atoms with van der Waals surface area (Å²) in [5, 5.41) is 2.01. The van der Waals surface area contributed by atoms with Gasteiger partial charge in [0, 0.05) is 17.2 Å². The molecule has 3 rings (SSSR count). The smallest absolute Gasteiger partial charge is 0.152 e. The lowest BCUT2D eigenvalue weighted by Gasteiger charge is -2.10. The number of nitrogens with two attached hydrogens (primary N) is 1. The number of ether oxygens (including phenoxy) is 1. The Morgan fingerprint density at radius 3 is 2.75 bits per heavy atom. The molecule has 0 bridgehead atoms. The fraction of sp³-hybridized carbons (Fsp3) is 0.0714. The number of nitrogen functional groups attached to an aromatic ring is 1. The van der Waals surface area contributed by atoms with E-state index in [2.05, 4.69) is 4.98 Å². The van der Waals surface area contributed by atoms with E-state index in [1.165, 1.54) is 0 Å². The number of aromatic nitrogens is 1. The lowest BCUT2D eigenvalue weighted by Crippen LogP contribution is -1.92. The second-order valence-corrected chi connectivity index (χ2v) is 6.35. The van der Waals surface area contributed by atoms with E-state index in [0.29, 0.717) is 27.2 Å². The summed E-state index contributed by atoms with van der Waals surface area (Å²) in [6, 6.07) is 8.70. The van der Waals surface area contributed by atoms with Crippen molar-refractivity contribution in [3.63, 3.8) is 0 Å². The first-order valence-corrected chi connectivity index (χ1v) is 7.40. The third kappa shape index (κ3) is 2.54. The first kappa shape index (κ1) is 13.5. The molecule has 0 amide bonds. The number of thiazole rings is 1. The average molecular weight is 325 g/mol. The molecule has 0 spiro atoms. The third-order valence-electron chi connectivity index (χ3n) is 2.74. The van der Waals surface area contributed by atoms with Crippen molar-refractivity contribution < 1.29 is 4.74 Å². The fourth-order valence-corrected chi connectivity index (χ4v) is 3.02. The number of aryl methyl sites for hydroxylation is 1. The Labute approximate surface area is 129 Å². The normalized spacial score (nSPS) is 10.9. The maximum atomic E-state index is 6.08. The van der Waals surface area contributed by atoms with Crippen LogP contribution in [0.3, 0.4) is 0 Å². The van der Waals surface area contributed by atoms with Gasteiger partial charge in [-0.1, -0.05) is 23.2 Å². The van der Waals surface area contributed by atoms with Crippen LogP contribution in [-0.4, -0.2) is 4.98 Å². The number of fused-ring (bicyclic) bond motifs is 1. The van der Waals surface area contributed by atoms with Crippen LogP contribution in [0.2, 0.25) is 10.0 Å². The standard InChI is InChI=1S/C14H10Cl2N2OS/c1-7-18-11-6-13(10(17)5-14(11)20-7)19-12-4-8(15)2-3-9(12)16/h2-6H,17H2,1H3. The third-order valence-corrected chi connectivity index (χ3v) is 4.22. The van der Waals surface area contributed by atoms with Crippen molar-refractivity contribution in [3.05, 3.63) is 45.4 Å². The van der Waals surface area contributed by atoms with E-state index in [4.69, 9.17) is 33.7 Å². The zero-order valence-electron chi connectivity index (χ0n) is 10.5. The molecular formula is C14H10Cl2N2OS. The van der Waals surface area contributed by atoms with Gasteiger partial charge in [-0.05, 0) is 25.1 Å². The van der Waals surface area contributed by atoms with Crippen molar-refractivity contribution >= 4 is 50.4 Å². The molecule has 6 heteroatoms. The lowest BCUT2D eigenvalue weighted by molar-refractivity contribution is 0.486. The van der Waals surface area contributed by atoms with Gasteiger partial charge in [-0.2, -0.15) is 0 Å². The first-order chi connectivity index (χ1) is 9.52. The number of hydrogen-bond donors (Lipinski definition) is 1. The highest BCUT2D eigenvalue weighted by atomic mass is 35.5. The number of rotatable bonds is 2. The minimum Gasteiger partial charge on any atom is -0.453 e. The van der Waals surface area contributed by atoms with Gasteiger partial charge in [0.25, 0.3) is 0 Å². The van der Waals surface area contributed by atoms with Crippen molar-refractivity contribution in [1.82, 2.24) is 4.98 Å². The highest BCUT2D eigenvalue weighted by Gasteiger charge is 2.10. The second-order valence-electron chi connectivity index (χ2n) is 4.27. The van der Waals surface area contributed by atoms with Gasteiger partial charge < -0.3 is 10.5 Å². The molecule has 1 aromatic heterocycles. The molecule has 0 saturated carbocycles. The highest BCUT2D eigenvalue weighted by Crippen LogP contribution is 2.37. The maximum absolute atomic E-state index is 6.08. The Kier molecular flexibility index (Phi) is 3.46. The zero-order chi connectivity index (χ0) is 14.3. The monoisotopic (exact) mass is 324 g/mol. The first-order valence-electron chi connectivity index (χ1n) is 5.82. The molecule has 0 fully saturated rings. The molecule has 0 radical (unpaired) electrons. The number of benzene rings is 2. The predicted octanol–water partition coefficient (Wildman–Crippen LogP) is 5.29. The Morgan fingerprint density at radius 1 is 1.15 bits per heavy atom. The predicted molar refractivity (Wildman–Crippen MR) is 85.3 cm³/mol. The van der Waals surface area contributed by atoms with Gasteiger partial charge >= 0.3 is 0 Å². The van der Waals surface area contributed by atoms with Crippen LogP contribution < -0.4 is 10.5 Å². The Morgan fingerprint density at radius 2 is 1.95 bits per heavy atom. The topological polar surface area (TPSA) is 48.1 Å². The molecule has 1 heterocycles. The van der Waals surface area contributed by atoms with E-state index in [9.17, 15) is 0 Å². The fourth-order valence-electron chi connectivity index (χ4n) is 1.85. The molecule has 0 aliphatic heterocycles. The van der Waals surface area contributed by atoms with Gasteiger partial charge in [-0.25, -0.2) is 4.98 Å². The van der Waals surface area contributed by atoms with Gasteiger partial charge in [0.05, 0.1) is 25.9 Å². The molecule has 0 aliphatic carbocycles. The Balaban J connectivity index is 2.05. The van der Waals surface area contributed by atoms with Crippen molar-refractivity contribution in [1.29, 1.82) is 0 Å². The summed E-state index contributed by atoms with van der Waals surface area (Å²) in [4.78, 5) is 4.42. The highest BCUT2D eigenvalue weighted by molar-refractivity contribution is 7.18. The van der Waals surface area contributed by atoms with Crippen LogP contribution in [0.1, 0.15) is 5.01 Å². The quantitative estimate of drug-likeness (QED) is 0.652. The van der Waals surface area contributed by atoms with Crippen LogP contribution in [0.15, 0.2) is 30.3 Å². The van der Waals surface area contributed by atoms with Gasteiger partial charge in [-0.15, -0.1) is 11.3 Å². The largest absolute Gasteiger partial charge is 0.453 e. The summed E-state index contributed by atoms with van der Waals surface area (Å²) in [6.45, 7) is 1.95. The van der Waals surface area contributed by atoms with Crippen LogP contribution in [0, 0.1) is 6.92 Å². The van der Waals surface area contributed by atoms with Gasteiger partial charge in [0.1, 0.15) is 5.75 Å². The molecular weight excluding hydrogens is 315 g/mol. The summed E-state index contributed by atoms with van der Waals surface area (Å²) < 4.78 is 6.79. The molecule has 2 aromatic carbocycles. The molecule has 0 atom stereocenters. The number of hydrogen-bond acceptors (Lipinski definition) is 4. The Bertz CT molecular complexity index is 801. The summed E-state index contributed by atoms with van der Waals surface area (Å²) >= 11 is 13.6. The zero-order valence-corrected chi connectivity index (χ0v) is 12.8. The van der Waals surface area contributed by atoms with E-state index in [0.717, 1.165) is 15.2 Å². The molecule has 0 saturated heterocycles. The van der Waals surface area contributed by atoms with Gasteiger partial charge in [-0.3, -0.25) is 0 Å². The van der Waals surface area contributed by atoms with Crippen molar-refractivity contribution in [2.24, 2.45) is 0 Å². The summed E-state index contributed by atoms with van der Waals surface area (Å²) in [7, 11) is 0. The molecule has 102 valence electrons. The summed E-state index contributed by atoms with van der Waals surface area (Å²) in [5.41, 5.74) is 7.41. The minimum atomic E-state index is 0.470. The molecule has 0 unspecified atom stereocenters. The minimum absolute atomic E-state index is 0.470. The van der Waals surface area contributed by atoms with E-state index >= 15 is 0 Å². The average Bonchev–Trinajstić information content (AvgIpc) is 2.73. The van der Waals surface area contributed by atoms with E-state index in [-0.39, 0.29) is 0 Å². The Hall–Kier alpha value is -1.49. The van der Waals surface area contributed by atoms with Crippen LogP contribution in [-0.2, 0) is 0 Å². The van der Waals surface area contributed by atoms with Crippen molar-refractivity contribution in [2.75, 3.05) is 5.73 Å². The van der Waals surface area contributed by atoms with Gasteiger partial charge in [0.2, 0.25) is 0 Å².